The quantitative estimate of drug-likeness (QED) is 0.817. The van der Waals surface area contributed by atoms with Crippen LogP contribution in [0.4, 0.5) is 8.78 Å². The lowest BCUT2D eigenvalue weighted by atomic mass is 10.1. The maximum absolute atomic E-state index is 12.1. The average molecular weight is 216 g/mol. The van der Waals surface area contributed by atoms with Gasteiger partial charge in [0.2, 0.25) is 0 Å². The summed E-state index contributed by atoms with van der Waals surface area (Å²) in [7, 11) is 1.61. The van der Waals surface area contributed by atoms with Crippen molar-refractivity contribution in [2.24, 2.45) is 0 Å². The summed E-state index contributed by atoms with van der Waals surface area (Å²) >= 11 is 0. The summed E-state index contributed by atoms with van der Waals surface area (Å²) in [6.07, 6.45) is -3.70. The van der Waals surface area contributed by atoms with E-state index in [9.17, 15) is 8.78 Å². The number of halogens is 2. The molecular weight excluding hydrogens is 202 g/mol. The lowest BCUT2D eigenvalue weighted by Crippen LogP contribution is -2.07. The first-order valence-corrected chi connectivity index (χ1v) is 4.69. The predicted molar refractivity (Wildman–Crippen MR) is 53.0 cm³/mol. The molecule has 1 rings (SSSR count). The van der Waals surface area contributed by atoms with E-state index in [-0.39, 0.29) is 5.56 Å². The molecule has 0 saturated heterocycles. The molecule has 0 aliphatic rings. The van der Waals surface area contributed by atoms with Crippen molar-refractivity contribution in [3.63, 3.8) is 0 Å². The summed E-state index contributed by atoms with van der Waals surface area (Å²) in [6, 6.07) is 6.48. The number of hydrogen-bond donors (Lipinski definition) is 1. The third-order valence-corrected chi connectivity index (χ3v) is 2.15. The lowest BCUT2D eigenvalue weighted by Gasteiger charge is -2.10. The Balaban J connectivity index is 2.63. The fraction of sp³-hybridized carbons (Fsp3) is 0.455. The topological polar surface area (TPSA) is 29.5 Å². The molecule has 15 heavy (non-hydrogen) atoms. The van der Waals surface area contributed by atoms with Crippen molar-refractivity contribution in [2.75, 3.05) is 13.7 Å². The van der Waals surface area contributed by atoms with Crippen LogP contribution in [0.3, 0.4) is 0 Å². The second-order valence-corrected chi connectivity index (χ2v) is 3.26. The number of hydrogen-bond acceptors (Lipinski definition) is 2. The van der Waals surface area contributed by atoms with Crippen molar-refractivity contribution in [1.82, 2.24) is 0 Å². The number of rotatable bonds is 5. The highest BCUT2D eigenvalue weighted by Gasteiger charge is 2.18. The van der Waals surface area contributed by atoms with E-state index in [0.717, 1.165) is 12.0 Å². The molecule has 2 nitrogen and oxygen atoms in total. The fourth-order valence-corrected chi connectivity index (χ4v) is 1.25. The molecule has 1 N–H and O–H groups in total. The van der Waals surface area contributed by atoms with Gasteiger partial charge in [0, 0.05) is 7.11 Å². The Hall–Kier alpha value is -1.00. The molecule has 0 aliphatic heterocycles. The Morgan fingerprint density at radius 3 is 2.33 bits per heavy atom. The van der Waals surface area contributed by atoms with Gasteiger partial charge in [0.15, 0.2) is 0 Å². The minimum atomic E-state index is -2.74. The summed E-state index contributed by atoms with van der Waals surface area (Å²) in [5.41, 5.74) is 1.24. The van der Waals surface area contributed by atoms with Crippen LogP contribution < -0.4 is 0 Å². The predicted octanol–water partition coefficient (Wildman–Crippen LogP) is 2.17. The number of aliphatic hydroxyl groups is 1. The first-order chi connectivity index (χ1) is 7.15. The molecule has 0 aromatic heterocycles. The van der Waals surface area contributed by atoms with Gasteiger partial charge in [-0.2, -0.15) is 0 Å². The van der Waals surface area contributed by atoms with Crippen molar-refractivity contribution in [3.05, 3.63) is 35.4 Å². The highest BCUT2D eigenvalue weighted by molar-refractivity contribution is 5.24. The molecule has 0 amide bonds. The molecule has 0 fully saturated rings. The Kier molecular flexibility index (Phi) is 4.65. The first kappa shape index (κ1) is 12.1. The van der Waals surface area contributed by atoms with E-state index in [4.69, 9.17) is 9.84 Å². The number of aliphatic hydroxyl groups excluding tert-OH is 1. The van der Waals surface area contributed by atoms with Gasteiger partial charge in [0.25, 0.3) is 6.43 Å². The van der Waals surface area contributed by atoms with Crippen LogP contribution in [-0.4, -0.2) is 25.2 Å². The molecular formula is C11H14F2O2. The lowest BCUT2D eigenvalue weighted by molar-refractivity contribution is -0.00578. The van der Waals surface area contributed by atoms with Gasteiger partial charge in [-0.1, -0.05) is 24.3 Å². The third kappa shape index (κ3) is 3.57. The highest BCUT2D eigenvalue weighted by Crippen LogP contribution is 2.20. The van der Waals surface area contributed by atoms with Crippen LogP contribution in [0.25, 0.3) is 0 Å². The van der Waals surface area contributed by atoms with E-state index in [1.54, 1.807) is 19.2 Å². The van der Waals surface area contributed by atoms with Gasteiger partial charge in [-0.25, -0.2) is 8.78 Å². The maximum atomic E-state index is 12.1. The van der Waals surface area contributed by atoms with Crippen molar-refractivity contribution in [1.29, 1.82) is 0 Å². The molecule has 1 aromatic rings. The summed E-state index contributed by atoms with van der Waals surface area (Å²) in [6.45, 7) is 0.594. The molecule has 0 radical (unpaired) electrons. The summed E-state index contributed by atoms with van der Waals surface area (Å²) < 4.78 is 29.2. The van der Waals surface area contributed by atoms with Crippen molar-refractivity contribution < 1.29 is 18.6 Å². The third-order valence-electron chi connectivity index (χ3n) is 2.15. The van der Waals surface area contributed by atoms with E-state index in [1.807, 2.05) is 0 Å². The van der Waals surface area contributed by atoms with E-state index in [2.05, 4.69) is 0 Å². The second kappa shape index (κ2) is 5.78. The Morgan fingerprint density at radius 1 is 1.27 bits per heavy atom. The fourth-order valence-electron chi connectivity index (χ4n) is 1.25. The van der Waals surface area contributed by atoms with Gasteiger partial charge >= 0.3 is 0 Å². The molecule has 0 heterocycles. The van der Waals surface area contributed by atoms with Crippen LogP contribution >= 0.6 is 0 Å². The maximum Gasteiger partial charge on any atom is 0.268 e. The van der Waals surface area contributed by atoms with Gasteiger partial charge in [-0.15, -0.1) is 0 Å². The molecule has 0 aliphatic carbocycles. The van der Waals surface area contributed by atoms with Gasteiger partial charge in [0.1, 0.15) is 6.10 Å². The zero-order valence-corrected chi connectivity index (χ0v) is 8.49. The Labute approximate surface area is 87.5 Å². The number of methoxy groups -OCH3 is 1. The average Bonchev–Trinajstić information content (AvgIpc) is 2.26. The van der Waals surface area contributed by atoms with Crippen molar-refractivity contribution >= 4 is 0 Å². The van der Waals surface area contributed by atoms with Crippen molar-refractivity contribution in [2.45, 2.75) is 19.0 Å². The minimum absolute atomic E-state index is 0.242. The zero-order chi connectivity index (χ0) is 11.3. The second-order valence-electron chi connectivity index (χ2n) is 3.26. The smallest absolute Gasteiger partial charge is 0.268 e. The van der Waals surface area contributed by atoms with Gasteiger partial charge in [-0.05, 0) is 17.5 Å². The summed E-state index contributed by atoms with van der Waals surface area (Å²) in [4.78, 5) is 0. The molecule has 4 heteroatoms. The molecule has 1 unspecified atom stereocenters. The van der Waals surface area contributed by atoms with E-state index < -0.39 is 12.5 Å². The SMILES string of the molecule is COCCc1ccc(C(O)C(F)F)cc1. The highest BCUT2D eigenvalue weighted by atomic mass is 19.3. The number of ether oxygens (including phenoxy) is 1. The molecule has 0 spiro atoms. The van der Waals surface area contributed by atoms with Crippen LogP contribution in [0.5, 0.6) is 0 Å². The number of alkyl halides is 2. The summed E-state index contributed by atoms with van der Waals surface area (Å²) in [5, 5.41) is 9.09. The summed E-state index contributed by atoms with van der Waals surface area (Å²) in [5.74, 6) is 0. The molecule has 1 aromatic carbocycles. The molecule has 0 saturated carbocycles. The van der Waals surface area contributed by atoms with E-state index in [0.29, 0.717) is 6.61 Å². The zero-order valence-electron chi connectivity index (χ0n) is 8.49. The van der Waals surface area contributed by atoms with Crippen LogP contribution in [0.1, 0.15) is 17.2 Å². The van der Waals surface area contributed by atoms with Crippen LogP contribution in [0.15, 0.2) is 24.3 Å². The largest absolute Gasteiger partial charge is 0.384 e. The van der Waals surface area contributed by atoms with Crippen LogP contribution in [0.2, 0.25) is 0 Å². The van der Waals surface area contributed by atoms with Crippen molar-refractivity contribution in [3.8, 4) is 0 Å². The number of benzene rings is 1. The minimum Gasteiger partial charge on any atom is -0.384 e. The first-order valence-electron chi connectivity index (χ1n) is 4.69. The molecule has 0 bridgehead atoms. The van der Waals surface area contributed by atoms with Crippen LogP contribution in [0, 0.1) is 0 Å². The standard InChI is InChI=1S/C11H14F2O2/c1-15-7-6-8-2-4-9(5-3-8)10(14)11(12)13/h2-5,10-11,14H,6-7H2,1H3. The van der Waals surface area contributed by atoms with E-state index in [1.165, 1.54) is 12.1 Å². The molecule has 84 valence electrons. The van der Waals surface area contributed by atoms with E-state index >= 15 is 0 Å². The normalized spacial score (nSPS) is 13.1. The van der Waals surface area contributed by atoms with Gasteiger partial charge < -0.3 is 9.84 Å². The van der Waals surface area contributed by atoms with Gasteiger partial charge in [-0.3, -0.25) is 0 Å². The molecule has 1 atom stereocenters. The Morgan fingerprint density at radius 2 is 1.87 bits per heavy atom. The van der Waals surface area contributed by atoms with Crippen LogP contribution in [-0.2, 0) is 11.2 Å². The Bertz CT molecular complexity index is 285. The van der Waals surface area contributed by atoms with Gasteiger partial charge in [0.05, 0.1) is 6.61 Å². The monoisotopic (exact) mass is 216 g/mol.